The fraction of sp³-hybridized carbons (Fsp3) is 0.824. The van der Waals surface area contributed by atoms with Gasteiger partial charge in [-0.25, -0.2) is 4.98 Å². The average Bonchev–Trinajstić information content (AvgIpc) is 2.87. The molecule has 20 heavy (non-hydrogen) atoms. The van der Waals surface area contributed by atoms with Gasteiger partial charge in [0, 0.05) is 19.3 Å². The van der Waals surface area contributed by atoms with Crippen molar-refractivity contribution < 1.29 is 0 Å². The van der Waals surface area contributed by atoms with Gasteiger partial charge >= 0.3 is 0 Å². The van der Waals surface area contributed by atoms with Crippen LogP contribution in [-0.2, 0) is 7.05 Å². The maximum Gasteiger partial charge on any atom is 0.0947 e. The molecule has 1 heterocycles. The molecule has 0 aliphatic carbocycles. The maximum absolute atomic E-state index is 6.14. The molecular formula is C17H33N3. The molecule has 116 valence electrons. The summed E-state index contributed by atoms with van der Waals surface area (Å²) in [7, 11) is 1.99. The first-order chi connectivity index (χ1) is 9.74. The topological polar surface area (TPSA) is 43.8 Å². The second-order valence-corrected chi connectivity index (χ2v) is 6.04. The molecule has 0 aromatic carbocycles. The van der Waals surface area contributed by atoms with Gasteiger partial charge in [-0.05, 0) is 6.42 Å². The van der Waals surface area contributed by atoms with Gasteiger partial charge in [0.1, 0.15) is 0 Å². The van der Waals surface area contributed by atoms with Crippen molar-refractivity contribution in [1.29, 1.82) is 0 Å². The number of aryl methyl sites for hydroxylation is 1. The van der Waals surface area contributed by atoms with Crippen LogP contribution in [0.5, 0.6) is 0 Å². The lowest BCUT2D eigenvalue weighted by molar-refractivity contribution is 0.526. The predicted octanol–water partition coefficient (Wildman–Crippen LogP) is 4.73. The lowest BCUT2D eigenvalue weighted by Crippen LogP contribution is -2.10. The Kier molecular flexibility index (Phi) is 9.38. The van der Waals surface area contributed by atoms with Gasteiger partial charge in [-0.15, -0.1) is 0 Å². The van der Waals surface area contributed by atoms with E-state index in [1.54, 1.807) is 0 Å². The van der Waals surface area contributed by atoms with E-state index < -0.39 is 0 Å². The lowest BCUT2D eigenvalue weighted by Gasteiger charge is -2.08. The van der Waals surface area contributed by atoms with Crippen LogP contribution in [0, 0.1) is 0 Å². The highest BCUT2D eigenvalue weighted by Crippen LogP contribution is 2.16. The molecule has 0 fully saturated rings. The molecule has 0 aliphatic heterocycles. The Morgan fingerprint density at radius 1 is 1.00 bits per heavy atom. The van der Waals surface area contributed by atoms with Gasteiger partial charge in [0.15, 0.2) is 0 Å². The molecule has 0 bridgehead atoms. The molecule has 0 spiro atoms. The van der Waals surface area contributed by atoms with Crippen molar-refractivity contribution in [2.75, 3.05) is 0 Å². The third kappa shape index (κ3) is 7.68. The van der Waals surface area contributed by atoms with Crippen molar-refractivity contribution in [3.05, 3.63) is 18.2 Å². The number of hydrogen-bond acceptors (Lipinski definition) is 2. The van der Waals surface area contributed by atoms with Crippen LogP contribution in [0.4, 0.5) is 0 Å². The molecule has 1 aromatic heterocycles. The zero-order chi connectivity index (χ0) is 14.6. The van der Waals surface area contributed by atoms with Crippen LogP contribution in [0.1, 0.15) is 89.3 Å². The molecule has 0 radical (unpaired) electrons. The Bertz CT molecular complexity index is 333. The fourth-order valence-corrected chi connectivity index (χ4v) is 2.62. The van der Waals surface area contributed by atoms with E-state index in [9.17, 15) is 0 Å². The molecular weight excluding hydrogens is 246 g/mol. The number of hydrogen-bond donors (Lipinski definition) is 1. The highest BCUT2D eigenvalue weighted by Gasteiger charge is 2.07. The largest absolute Gasteiger partial charge is 0.340 e. The van der Waals surface area contributed by atoms with Crippen LogP contribution in [0.3, 0.4) is 0 Å². The lowest BCUT2D eigenvalue weighted by atomic mass is 10.0. The van der Waals surface area contributed by atoms with Gasteiger partial charge in [0.2, 0.25) is 0 Å². The molecule has 0 saturated carbocycles. The van der Waals surface area contributed by atoms with Crippen molar-refractivity contribution in [1.82, 2.24) is 9.55 Å². The summed E-state index contributed by atoms with van der Waals surface area (Å²) < 4.78 is 1.97. The summed E-state index contributed by atoms with van der Waals surface area (Å²) >= 11 is 0. The van der Waals surface area contributed by atoms with Crippen molar-refractivity contribution in [3.63, 3.8) is 0 Å². The van der Waals surface area contributed by atoms with E-state index in [1.807, 2.05) is 24.1 Å². The quantitative estimate of drug-likeness (QED) is 0.562. The first kappa shape index (κ1) is 17.2. The Balaban J connectivity index is 1.89. The minimum Gasteiger partial charge on any atom is -0.340 e. The Hall–Kier alpha value is -0.830. The highest BCUT2D eigenvalue weighted by molar-refractivity contribution is 5.02. The standard InChI is InChI=1S/C17H33N3/c1-3-4-5-6-7-8-9-10-11-12-13-16(18)17-14-20(2)15-19-17/h14-16H,3-13,18H2,1-2H3. The van der Waals surface area contributed by atoms with Crippen LogP contribution in [-0.4, -0.2) is 9.55 Å². The van der Waals surface area contributed by atoms with Gasteiger partial charge in [-0.2, -0.15) is 0 Å². The molecule has 3 nitrogen and oxygen atoms in total. The van der Waals surface area contributed by atoms with E-state index in [4.69, 9.17) is 5.73 Å². The van der Waals surface area contributed by atoms with E-state index in [1.165, 1.54) is 64.2 Å². The molecule has 3 heteroatoms. The number of rotatable bonds is 12. The summed E-state index contributed by atoms with van der Waals surface area (Å²) in [5.41, 5.74) is 7.17. The molecule has 1 unspecified atom stereocenters. The number of aromatic nitrogens is 2. The van der Waals surface area contributed by atoms with E-state index in [2.05, 4.69) is 11.9 Å². The van der Waals surface area contributed by atoms with E-state index in [0.717, 1.165) is 12.1 Å². The summed E-state index contributed by atoms with van der Waals surface area (Å²) in [5.74, 6) is 0. The zero-order valence-corrected chi connectivity index (χ0v) is 13.5. The first-order valence-electron chi connectivity index (χ1n) is 8.47. The van der Waals surface area contributed by atoms with Crippen LogP contribution in [0.15, 0.2) is 12.5 Å². The molecule has 0 amide bonds. The predicted molar refractivity (Wildman–Crippen MR) is 86.6 cm³/mol. The third-order valence-corrected chi connectivity index (χ3v) is 3.97. The smallest absolute Gasteiger partial charge is 0.0947 e. The van der Waals surface area contributed by atoms with E-state index >= 15 is 0 Å². The number of imidazole rings is 1. The zero-order valence-electron chi connectivity index (χ0n) is 13.5. The Morgan fingerprint density at radius 3 is 2.05 bits per heavy atom. The van der Waals surface area contributed by atoms with Crippen LogP contribution in [0.2, 0.25) is 0 Å². The van der Waals surface area contributed by atoms with Gasteiger partial charge in [0.25, 0.3) is 0 Å². The molecule has 1 aromatic rings. The first-order valence-corrected chi connectivity index (χ1v) is 8.47. The Labute approximate surface area is 125 Å². The van der Waals surface area contributed by atoms with Crippen molar-refractivity contribution >= 4 is 0 Å². The SMILES string of the molecule is CCCCCCCCCCCCC(N)c1cn(C)cn1. The second kappa shape index (κ2) is 10.9. The maximum atomic E-state index is 6.14. The minimum absolute atomic E-state index is 0.116. The Morgan fingerprint density at radius 2 is 1.55 bits per heavy atom. The molecule has 0 aliphatic rings. The highest BCUT2D eigenvalue weighted by atomic mass is 15.0. The molecule has 2 N–H and O–H groups in total. The van der Waals surface area contributed by atoms with Gasteiger partial charge in [0.05, 0.1) is 12.0 Å². The van der Waals surface area contributed by atoms with Gasteiger partial charge in [-0.1, -0.05) is 71.1 Å². The van der Waals surface area contributed by atoms with Gasteiger partial charge in [-0.3, -0.25) is 0 Å². The summed E-state index contributed by atoms with van der Waals surface area (Å²) in [6.07, 6.45) is 18.7. The minimum atomic E-state index is 0.116. The van der Waals surface area contributed by atoms with Crippen LogP contribution >= 0.6 is 0 Å². The second-order valence-electron chi connectivity index (χ2n) is 6.04. The van der Waals surface area contributed by atoms with Crippen molar-refractivity contribution in [2.24, 2.45) is 12.8 Å². The number of unbranched alkanes of at least 4 members (excludes halogenated alkanes) is 9. The average molecular weight is 279 g/mol. The molecule has 1 atom stereocenters. The monoisotopic (exact) mass is 279 g/mol. The summed E-state index contributed by atoms with van der Waals surface area (Å²) in [6, 6.07) is 0.116. The van der Waals surface area contributed by atoms with E-state index in [-0.39, 0.29) is 6.04 Å². The number of nitrogens with two attached hydrogens (primary N) is 1. The van der Waals surface area contributed by atoms with Crippen molar-refractivity contribution in [2.45, 2.75) is 83.6 Å². The normalized spacial score (nSPS) is 12.8. The molecule has 1 rings (SSSR count). The summed E-state index contributed by atoms with van der Waals surface area (Å²) in [5, 5.41) is 0. The van der Waals surface area contributed by atoms with Crippen molar-refractivity contribution in [3.8, 4) is 0 Å². The van der Waals surface area contributed by atoms with Crippen LogP contribution in [0.25, 0.3) is 0 Å². The third-order valence-electron chi connectivity index (χ3n) is 3.97. The summed E-state index contributed by atoms with van der Waals surface area (Å²) in [6.45, 7) is 2.27. The van der Waals surface area contributed by atoms with E-state index in [0.29, 0.717) is 0 Å². The fourth-order valence-electron chi connectivity index (χ4n) is 2.62. The van der Waals surface area contributed by atoms with Gasteiger partial charge < -0.3 is 10.3 Å². The number of nitrogens with zero attached hydrogens (tertiary/aromatic N) is 2. The molecule has 0 saturated heterocycles. The summed E-state index contributed by atoms with van der Waals surface area (Å²) in [4.78, 5) is 4.32. The van der Waals surface area contributed by atoms with Crippen LogP contribution < -0.4 is 5.73 Å².